The van der Waals surface area contributed by atoms with Gasteiger partial charge in [0, 0.05) is 24.8 Å². The normalized spacial score (nSPS) is 19.9. The fourth-order valence-corrected chi connectivity index (χ4v) is 3.07. The molecule has 2 aliphatic rings. The first-order valence-corrected chi connectivity index (χ1v) is 8.22. The van der Waals surface area contributed by atoms with Crippen molar-refractivity contribution in [3.63, 3.8) is 0 Å². The van der Waals surface area contributed by atoms with E-state index in [4.69, 9.17) is 5.73 Å². The second-order valence-corrected chi connectivity index (χ2v) is 7.09. The summed E-state index contributed by atoms with van der Waals surface area (Å²) in [6, 6.07) is 7.19. The maximum Gasteiger partial charge on any atom is 0.0396 e. The summed E-state index contributed by atoms with van der Waals surface area (Å²) in [5.74, 6) is 1.91. The zero-order chi connectivity index (χ0) is 14.1. The molecule has 2 heteroatoms. The van der Waals surface area contributed by atoms with Crippen LogP contribution in [0.3, 0.4) is 0 Å². The number of aryl methyl sites for hydroxylation is 1. The predicted molar refractivity (Wildman–Crippen MR) is 86.2 cm³/mol. The van der Waals surface area contributed by atoms with Crippen molar-refractivity contribution in [2.24, 2.45) is 17.6 Å². The minimum atomic E-state index is 0.245. The van der Waals surface area contributed by atoms with Gasteiger partial charge in [0.25, 0.3) is 0 Å². The summed E-state index contributed by atoms with van der Waals surface area (Å²) in [6.07, 6.45) is 6.71. The highest BCUT2D eigenvalue weighted by molar-refractivity contribution is 5.55. The van der Waals surface area contributed by atoms with E-state index in [-0.39, 0.29) is 6.04 Å². The Morgan fingerprint density at radius 3 is 2.20 bits per heavy atom. The van der Waals surface area contributed by atoms with Gasteiger partial charge in [-0.25, -0.2) is 0 Å². The molecule has 1 atom stereocenters. The molecular formula is C18H28N2. The molecule has 20 heavy (non-hydrogen) atoms. The van der Waals surface area contributed by atoms with Crippen molar-refractivity contribution in [2.75, 3.05) is 18.0 Å². The Morgan fingerprint density at radius 1 is 1.15 bits per heavy atom. The van der Waals surface area contributed by atoms with Crippen LogP contribution in [-0.4, -0.2) is 19.1 Å². The van der Waals surface area contributed by atoms with Crippen molar-refractivity contribution in [3.8, 4) is 0 Å². The van der Waals surface area contributed by atoms with Crippen LogP contribution < -0.4 is 10.6 Å². The monoisotopic (exact) mass is 272 g/mol. The lowest BCUT2D eigenvalue weighted by Gasteiger charge is -2.27. The first-order chi connectivity index (χ1) is 9.61. The molecule has 0 spiro atoms. The number of hydrogen-bond donors (Lipinski definition) is 1. The van der Waals surface area contributed by atoms with Crippen LogP contribution in [0.25, 0.3) is 0 Å². The van der Waals surface area contributed by atoms with Crippen molar-refractivity contribution in [2.45, 2.75) is 52.0 Å². The highest BCUT2D eigenvalue weighted by Gasteiger charge is 2.29. The molecule has 0 aromatic heterocycles. The number of hydrogen-bond acceptors (Lipinski definition) is 2. The van der Waals surface area contributed by atoms with Gasteiger partial charge in [-0.1, -0.05) is 12.1 Å². The van der Waals surface area contributed by atoms with Crippen LogP contribution in [0.5, 0.6) is 0 Å². The third-order valence-electron chi connectivity index (χ3n) is 4.51. The van der Waals surface area contributed by atoms with Gasteiger partial charge in [0.2, 0.25) is 0 Å². The Hall–Kier alpha value is -1.02. The fourth-order valence-electron chi connectivity index (χ4n) is 3.07. The van der Waals surface area contributed by atoms with Gasteiger partial charge < -0.3 is 10.6 Å². The minimum absolute atomic E-state index is 0.245. The molecule has 1 unspecified atom stereocenters. The zero-order valence-electron chi connectivity index (χ0n) is 12.9. The molecule has 0 bridgehead atoms. The maximum absolute atomic E-state index is 5.91. The summed E-state index contributed by atoms with van der Waals surface area (Å²) < 4.78 is 0. The van der Waals surface area contributed by atoms with Crippen LogP contribution in [0.4, 0.5) is 5.69 Å². The van der Waals surface area contributed by atoms with Crippen molar-refractivity contribution in [1.82, 2.24) is 0 Å². The Labute approximate surface area is 123 Å². The number of nitrogens with two attached hydrogens (primary N) is 1. The first kappa shape index (κ1) is 13.9. The molecule has 3 rings (SSSR count). The third-order valence-corrected chi connectivity index (χ3v) is 4.51. The van der Waals surface area contributed by atoms with E-state index >= 15 is 0 Å². The summed E-state index contributed by atoms with van der Waals surface area (Å²) in [5, 5.41) is 0. The highest BCUT2D eigenvalue weighted by atomic mass is 15.1. The molecule has 2 N–H and O–H groups in total. The van der Waals surface area contributed by atoms with E-state index in [0.29, 0.717) is 0 Å². The molecule has 1 aromatic rings. The number of benzene rings is 1. The van der Waals surface area contributed by atoms with E-state index in [1.54, 1.807) is 0 Å². The van der Waals surface area contributed by atoms with Gasteiger partial charge in [-0.15, -0.1) is 0 Å². The lowest BCUT2D eigenvalue weighted by Crippen LogP contribution is -2.28. The lowest BCUT2D eigenvalue weighted by atomic mass is 10.0. The van der Waals surface area contributed by atoms with E-state index in [9.17, 15) is 0 Å². The smallest absolute Gasteiger partial charge is 0.0396 e. The molecule has 0 amide bonds. The van der Waals surface area contributed by atoms with Gasteiger partial charge >= 0.3 is 0 Å². The molecule has 0 saturated heterocycles. The van der Waals surface area contributed by atoms with Crippen LogP contribution >= 0.6 is 0 Å². The second-order valence-electron chi connectivity index (χ2n) is 7.09. The molecule has 0 heterocycles. The zero-order valence-corrected chi connectivity index (χ0v) is 12.9. The van der Waals surface area contributed by atoms with Crippen molar-refractivity contribution in [3.05, 3.63) is 29.3 Å². The van der Waals surface area contributed by atoms with Gasteiger partial charge in [0.05, 0.1) is 0 Å². The fraction of sp³-hybridized carbons (Fsp3) is 0.667. The number of rotatable bonds is 7. The highest BCUT2D eigenvalue weighted by Crippen LogP contribution is 2.36. The average Bonchev–Trinajstić information content (AvgIpc) is 3.22. The third kappa shape index (κ3) is 3.76. The Kier molecular flexibility index (Phi) is 4.02. The lowest BCUT2D eigenvalue weighted by molar-refractivity contribution is 0.677. The molecule has 2 nitrogen and oxygen atoms in total. The largest absolute Gasteiger partial charge is 0.371 e. The van der Waals surface area contributed by atoms with E-state index in [0.717, 1.165) is 18.3 Å². The molecule has 2 fully saturated rings. The average molecular weight is 272 g/mol. The Balaban J connectivity index is 1.74. The van der Waals surface area contributed by atoms with Crippen LogP contribution in [0, 0.1) is 18.8 Å². The van der Waals surface area contributed by atoms with Crippen molar-refractivity contribution >= 4 is 5.69 Å². The first-order valence-electron chi connectivity index (χ1n) is 8.22. The minimum Gasteiger partial charge on any atom is -0.371 e. The summed E-state index contributed by atoms with van der Waals surface area (Å²) in [7, 11) is 0. The van der Waals surface area contributed by atoms with E-state index in [1.807, 2.05) is 0 Å². The molecular weight excluding hydrogens is 244 g/mol. The predicted octanol–water partition coefficient (Wildman–Crippen LogP) is 3.51. The molecule has 110 valence electrons. The number of anilines is 1. The van der Waals surface area contributed by atoms with Crippen molar-refractivity contribution in [1.29, 1.82) is 0 Å². The SMILES string of the molecule is Cc1cc(CC(C)N)ccc1N(CC1CC1)CC1CC1. The molecule has 2 saturated carbocycles. The van der Waals surface area contributed by atoms with E-state index in [1.165, 1.54) is 55.6 Å². The van der Waals surface area contributed by atoms with E-state index < -0.39 is 0 Å². The Morgan fingerprint density at radius 2 is 1.75 bits per heavy atom. The van der Waals surface area contributed by atoms with Gasteiger partial charge in [-0.3, -0.25) is 0 Å². The molecule has 0 radical (unpaired) electrons. The van der Waals surface area contributed by atoms with Gasteiger partial charge in [-0.2, -0.15) is 0 Å². The van der Waals surface area contributed by atoms with Gasteiger partial charge in [0.15, 0.2) is 0 Å². The molecule has 0 aliphatic heterocycles. The summed E-state index contributed by atoms with van der Waals surface area (Å²) in [4.78, 5) is 2.65. The standard InChI is InChI=1S/C18H28N2/c1-13-9-17(10-14(2)19)7-8-18(13)20(11-15-3-4-15)12-16-5-6-16/h7-9,14-16H,3-6,10-12,19H2,1-2H3. The maximum atomic E-state index is 5.91. The summed E-state index contributed by atoms with van der Waals surface area (Å²) in [6.45, 7) is 6.87. The van der Waals surface area contributed by atoms with Gasteiger partial charge in [0.1, 0.15) is 0 Å². The summed E-state index contributed by atoms with van der Waals surface area (Å²) >= 11 is 0. The quantitative estimate of drug-likeness (QED) is 0.823. The van der Waals surface area contributed by atoms with Crippen LogP contribution in [0.1, 0.15) is 43.7 Å². The van der Waals surface area contributed by atoms with Crippen LogP contribution in [-0.2, 0) is 6.42 Å². The number of nitrogens with zero attached hydrogens (tertiary/aromatic N) is 1. The second kappa shape index (κ2) is 5.77. The van der Waals surface area contributed by atoms with Crippen LogP contribution in [0.2, 0.25) is 0 Å². The van der Waals surface area contributed by atoms with Crippen LogP contribution in [0.15, 0.2) is 18.2 Å². The Bertz CT molecular complexity index is 444. The molecule has 1 aromatic carbocycles. The van der Waals surface area contributed by atoms with Crippen molar-refractivity contribution < 1.29 is 0 Å². The molecule has 2 aliphatic carbocycles. The van der Waals surface area contributed by atoms with Gasteiger partial charge in [-0.05, 0) is 75.0 Å². The summed E-state index contributed by atoms with van der Waals surface area (Å²) in [5.41, 5.74) is 10.2. The topological polar surface area (TPSA) is 29.3 Å². The van der Waals surface area contributed by atoms with E-state index in [2.05, 4.69) is 36.9 Å².